The standard InChI is InChI=1S/C33H39NO9/c1-6-15-34-28(37)19-24(22-17-26(40-3)32(42-5)27(18-22)41-4)30-25(36)16-21-12-8-7-9-13-23(35)14-10-11-20(2)43-33(39)29(21)31(30)38/h1,8,12,16-18,20,24,36,38H,7,9-11,13-15,19H2,2-5H3,(H,34,37). The average Bonchev–Trinajstić information content (AvgIpc) is 2.97. The van der Waals surface area contributed by atoms with Crippen LogP contribution in [-0.2, 0) is 14.3 Å². The number of rotatable bonds is 8. The molecule has 0 radical (unpaired) electrons. The molecule has 2 aromatic carbocycles. The molecule has 0 fully saturated rings. The number of Topliss-reactive ketones (excluding diaryl/α,β-unsaturated/α-hetero) is 1. The van der Waals surface area contributed by atoms with Gasteiger partial charge in [-0.25, -0.2) is 4.79 Å². The summed E-state index contributed by atoms with van der Waals surface area (Å²) in [5.41, 5.74) is 0.456. The molecule has 3 N–H and O–H groups in total. The highest BCUT2D eigenvalue weighted by molar-refractivity contribution is 5.98. The molecule has 0 saturated heterocycles. The van der Waals surface area contributed by atoms with Crippen molar-refractivity contribution in [2.45, 2.75) is 63.9 Å². The van der Waals surface area contributed by atoms with Crippen molar-refractivity contribution >= 4 is 23.7 Å². The number of amides is 1. The van der Waals surface area contributed by atoms with E-state index >= 15 is 0 Å². The molecule has 2 aromatic rings. The van der Waals surface area contributed by atoms with Crippen LogP contribution in [0.3, 0.4) is 0 Å². The summed E-state index contributed by atoms with van der Waals surface area (Å²) in [4.78, 5) is 38.6. The zero-order valence-electron chi connectivity index (χ0n) is 25.0. The Morgan fingerprint density at radius 1 is 1.09 bits per heavy atom. The van der Waals surface area contributed by atoms with Gasteiger partial charge in [0.2, 0.25) is 11.7 Å². The lowest BCUT2D eigenvalue weighted by Gasteiger charge is -2.24. The summed E-state index contributed by atoms with van der Waals surface area (Å²) >= 11 is 0. The van der Waals surface area contributed by atoms with E-state index in [-0.39, 0.29) is 52.7 Å². The number of phenols is 2. The molecule has 0 saturated carbocycles. The highest BCUT2D eigenvalue weighted by atomic mass is 16.5. The van der Waals surface area contributed by atoms with Gasteiger partial charge < -0.3 is 34.5 Å². The number of methoxy groups -OCH3 is 3. The van der Waals surface area contributed by atoms with E-state index in [4.69, 9.17) is 25.4 Å². The lowest BCUT2D eigenvalue weighted by atomic mass is 9.84. The highest BCUT2D eigenvalue weighted by Crippen LogP contribution is 2.47. The van der Waals surface area contributed by atoms with Crippen LogP contribution in [-0.4, -0.2) is 61.9 Å². The molecule has 0 aliphatic carbocycles. The van der Waals surface area contributed by atoms with Crippen LogP contribution < -0.4 is 19.5 Å². The fourth-order valence-electron chi connectivity index (χ4n) is 5.12. The molecule has 10 nitrogen and oxygen atoms in total. The van der Waals surface area contributed by atoms with Crippen LogP contribution in [0.5, 0.6) is 28.7 Å². The monoisotopic (exact) mass is 593 g/mol. The average molecular weight is 594 g/mol. The van der Waals surface area contributed by atoms with E-state index in [1.165, 1.54) is 27.4 Å². The third kappa shape index (κ3) is 8.22. The molecule has 3 rings (SSSR count). The Morgan fingerprint density at radius 3 is 2.40 bits per heavy atom. The van der Waals surface area contributed by atoms with Crippen molar-refractivity contribution in [3.8, 4) is 41.1 Å². The zero-order chi connectivity index (χ0) is 31.5. The predicted molar refractivity (Wildman–Crippen MR) is 161 cm³/mol. The summed E-state index contributed by atoms with van der Waals surface area (Å²) in [6.45, 7) is 1.69. The number of allylic oxidation sites excluding steroid dienone is 1. The van der Waals surface area contributed by atoms with E-state index in [0.29, 0.717) is 49.8 Å². The van der Waals surface area contributed by atoms with E-state index in [1.807, 2.05) is 0 Å². The summed E-state index contributed by atoms with van der Waals surface area (Å²) in [7, 11) is 4.33. The maximum absolute atomic E-state index is 13.5. The first-order chi connectivity index (χ1) is 20.6. The summed E-state index contributed by atoms with van der Waals surface area (Å²) in [6, 6.07) is 4.56. The molecule has 1 aliphatic heterocycles. The number of benzene rings is 2. The van der Waals surface area contributed by atoms with Crippen LogP contribution in [0.1, 0.15) is 84.8 Å². The number of carbonyl (C=O) groups excluding carboxylic acids is 3. The normalized spacial score (nSPS) is 16.6. The van der Waals surface area contributed by atoms with Gasteiger partial charge in [0.1, 0.15) is 22.8 Å². The van der Waals surface area contributed by atoms with Gasteiger partial charge in [0, 0.05) is 30.7 Å². The Labute approximate surface area is 252 Å². The molecule has 2 atom stereocenters. The molecule has 43 heavy (non-hydrogen) atoms. The van der Waals surface area contributed by atoms with E-state index in [2.05, 4.69) is 11.2 Å². The third-order valence-electron chi connectivity index (χ3n) is 7.27. The number of ketones is 1. The number of esters is 1. The van der Waals surface area contributed by atoms with E-state index in [1.54, 1.807) is 31.2 Å². The first-order valence-electron chi connectivity index (χ1n) is 14.1. The number of ether oxygens (including phenoxy) is 4. The van der Waals surface area contributed by atoms with Crippen molar-refractivity contribution in [3.63, 3.8) is 0 Å². The molecule has 0 spiro atoms. The van der Waals surface area contributed by atoms with Gasteiger partial charge in [-0.2, -0.15) is 0 Å². The number of phenolic OH excluding ortho intramolecular Hbond substituents is 2. The summed E-state index contributed by atoms with van der Waals surface area (Å²) in [5.74, 6) is 0.291. The molecule has 0 bridgehead atoms. The molecule has 1 amide bonds. The van der Waals surface area contributed by atoms with Gasteiger partial charge >= 0.3 is 5.97 Å². The smallest absolute Gasteiger partial charge is 0.342 e. The maximum atomic E-state index is 13.5. The summed E-state index contributed by atoms with van der Waals surface area (Å²) in [6.07, 6.45) is 11.0. The van der Waals surface area contributed by atoms with Crippen LogP contribution >= 0.6 is 0 Å². The van der Waals surface area contributed by atoms with E-state index < -0.39 is 29.6 Å². The molecule has 0 aromatic heterocycles. The third-order valence-corrected chi connectivity index (χ3v) is 7.27. The minimum Gasteiger partial charge on any atom is -0.507 e. The minimum atomic E-state index is -0.981. The van der Waals surface area contributed by atoms with Gasteiger partial charge in [0.05, 0.1) is 34.0 Å². The fraction of sp³-hybridized carbons (Fsp3) is 0.424. The summed E-state index contributed by atoms with van der Waals surface area (Å²) in [5, 5.41) is 25.6. The van der Waals surface area contributed by atoms with E-state index in [9.17, 15) is 24.6 Å². The summed E-state index contributed by atoms with van der Waals surface area (Å²) < 4.78 is 22.1. The van der Waals surface area contributed by atoms with Crippen molar-refractivity contribution in [3.05, 3.63) is 46.5 Å². The molecule has 230 valence electrons. The van der Waals surface area contributed by atoms with Crippen molar-refractivity contribution in [2.75, 3.05) is 27.9 Å². The Hall–Kier alpha value is -4.65. The van der Waals surface area contributed by atoms with Crippen molar-refractivity contribution in [2.24, 2.45) is 0 Å². The molecular formula is C33H39NO9. The lowest BCUT2D eigenvalue weighted by Crippen LogP contribution is -2.26. The number of aromatic hydroxyl groups is 2. The molecule has 1 aliphatic rings. The number of fused-ring (bicyclic) bond motifs is 1. The second-order valence-electron chi connectivity index (χ2n) is 10.3. The Bertz CT molecular complexity index is 1380. The van der Waals surface area contributed by atoms with Gasteiger partial charge in [-0.3, -0.25) is 9.59 Å². The van der Waals surface area contributed by atoms with E-state index in [0.717, 1.165) is 0 Å². The number of nitrogens with one attached hydrogen (secondary N) is 1. The second kappa shape index (κ2) is 15.5. The number of terminal acetylenes is 1. The zero-order valence-corrected chi connectivity index (χ0v) is 25.0. The first kappa shape index (κ1) is 32.9. The number of carbonyl (C=O) groups is 3. The molecule has 10 heteroatoms. The lowest BCUT2D eigenvalue weighted by molar-refractivity contribution is -0.121. The fourth-order valence-corrected chi connectivity index (χ4v) is 5.12. The van der Waals surface area contributed by atoms with Crippen molar-refractivity contribution < 1.29 is 43.5 Å². The second-order valence-corrected chi connectivity index (χ2v) is 10.3. The van der Waals surface area contributed by atoms with Gasteiger partial charge in [-0.15, -0.1) is 6.42 Å². The topological polar surface area (TPSA) is 141 Å². The Kier molecular flexibility index (Phi) is 11.9. The van der Waals surface area contributed by atoms with Crippen LogP contribution in [0.15, 0.2) is 24.3 Å². The van der Waals surface area contributed by atoms with Gasteiger partial charge in [0.15, 0.2) is 11.5 Å². The molecule has 2 unspecified atom stereocenters. The SMILES string of the molecule is C#CCNC(=O)CC(c1cc(OC)c(OC)c(OC)c1)c1c(O)cc2c(c1O)C(=O)OC(C)CCCC(=O)CCCC=C2. The Balaban J connectivity index is 2.24. The predicted octanol–water partition coefficient (Wildman–Crippen LogP) is 4.88. The number of hydrogen-bond donors (Lipinski definition) is 3. The molecular weight excluding hydrogens is 554 g/mol. The van der Waals surface area contributed by atoms with Crippen molar-refractivity contribution in [1.82, 2.24) is 5.32 Å². The van der Waals surface area contributed by atoms with Gasteiger partial charge in [0.25, 0.3) is 0 Å². The van der Waals surface area contributed by atoms with Crippen LogP contribution in [0.2, 0.25) is 0 Å². The molecule has 1 heterocycles. The largest absolute Gasteiger partial charge is 0.507 e. The minimum absolute atomic E-state index is 0.0242. The van der Waals surface area contributed by atoms with Gasteiger partial charge in [-0.05, 0) is 61.9 Å². The number of cyclic esters (lactones) is 1. The van der Waals surface area contributed by atoms with Crippen molar-refractivity contribution in [1.29, 1.82) is 0 Å². The quantitative estimate of drug-likeness (QED) is 0.289. The van der Waals surface area contributed by atoms with Gasteiger partial charge in [-0.1, -0.05) is 18.1 Å². The number of hydrogen-bond acceptors (Lipinski definition) is 9. The highest BCUT2D eigenvalue weighted by Gasteiger charge is 2.32. The van der Waals surface area contributed by atoms with Crippen LogP contribution in [0.4, 0.5) is 0 Å². The maximum Gasteiger partial charge on any atom is 0.342 e. The first-order valence-corrected chi connectivity index (χ1v) is 14.1. The van der Waals surface area contributed by atoms with Crippen LogP contribution in [0, 0.1) is 12.3 Å². The Morgan fingerprint density at radius 2 is 1.77 bits per heavy atom. The van der Waals surface area contributed by atoms with Crippen LogP contribution in [0.25, 0.3) is 6.08 Å².